The normalized spacial score (nSPS) is 13.6. The minimum Gasteiger partial charge on any atom is -0.462 e. The zero-order valence-electron chi connectivity index (χ0n) is 26.6. The Hall–Kier alpha value is -1.35. The third-order valence-corrected chi connectivity index (χ3v) is 8.16. The number of aromatic nitrogens is 1. The average Bonchev–Trinajstić information content (AvgIpc) is 2.98. The molecule has 1 rings (SSSR count). The minimum atomic E-state index is -4.26. The first-order valence-corrected chi connectivity index (χ1v) is 17.8. The number of carbonyl (C=O) groups is 1. The largest absolute Gasteiger partial charge is 0.472 e. The third kappa shape index (κ3) is 21.4. The standard InChI is InChI=1S/C32H58NO8P/c1-4-6-7-8-9-10-11-12-13-14-15-16-17-18-19-20-25-38-28-31(37-3)29-41-42(35,36)40-26-24-33-23-21-22-30(27-33)32(34)39-5-2/h21-23,27,31H,4-20,24-26,28-29H2,1-3H3/p+1/t31-/m0/s1. The molecule has 0 saturated heterocycles. The maximum absolute atomic E-state index is 12.3. The number of phosphoric ester groups is 1. The highest BCUT2D eigenvalue weighted by molar-refractivity contribution is 7.47. The van der Waals surface area contributed by atoms with Gasteiger partial charge in [0, 0.05) is 19.8 Å². The molecule has 0 spiro atoms. The van der Waals surface area contributed by atoms with E-state index in [1.807, 2.05) is 0 Å². The van der Waals surface area contributed by atoms with Crippen molar-refractivity contribution in [3.63, 3.8) is 0 Å². The van der Waals surface area contributed by atoms with E-state index < -0.39 is 19.9 Å². The average molecular weight is 617 g/mol. The lowest BCUT2D eigenvalue weighted by molar-refractivity contribution is -0.697. The number of hydrogen-bond donors (Lipinski definition) is 1. The number of rotatable bonds is 29. The molecule has 1 N–H and O–H groups in total. The van der Waals surface area contributed by atoms with Gasteiger partial charge in [-0.2, -0.15) is 0 Å². The van der Waals surface area contributed by atoms with Crippen LogP contribution in [0.2, 0.25) is 0 Å². The number of hydrogen-bond acceptors (Lipinski definition) is 7. The highest BCUT2D eigenvalue weighted by Gasteiger charge is 2.24. The van der Waals surface area contributed by atoms with E-state index in [2.05, 4.69) is 6.92 Å². The predicted molar refractivity (Wildman–Crippen MR) is 165 cm³/mol. The van der Waals surface area contributed by atoms with E-state index in [9.17, 15) is 14.3 Å². The fourth-order valence-electron chi connectivity index (χ4n) is 4.62. The Labute approximate surface area is 255 Å². The van der Waals surface area contributed by atoms with Crippen LogP contribution in [0.1, 0.15) is 127 Å². The molecule has 1 aromatic heterocycles. The van der Waals surface area contributed by atoms with Crippen LogP contribution in [-0.4, -0.2) is 57.1 Å². The molecule has 1 aromatic rings. The van der Waals surface area contributed by atoms with E-state index >= 15 is 0 Å². The van der Waals surface area contributed by atoms with Gasteiger partial charge in [-0.05, 0) is 19.4 Å². The van der Waals surface area contributed by atoms with Crippen LogP contribution in [0.3, 0.4) is 0 Å². The first-order chi connectivity index (χ1) is 20.4. The molecule has 10 heteroatoms. The summed E-state index contributed by atoms with van der Waals surface area (Å²) in [4.78, 5) is 21.9. The molecule has 9 nitrogen and oxygen atoms in total. The number of unbranched alkanes of at least 4 members (excludes halogenated alkanes) is 15. The molecule has 0 saturated carbocycles. The quantitative estimate of drug-likeness (QED) is 0.0425. The molecule has 0 amide bonds. The van der Waals surface area contributed by atoms with Crippen LogP contribution in [0.15, 0.2) is 24.5 Å². The SMILES string of the molecule is CCCCCCCCCCCCCCCCCCOC[C@@H](COP(=O)(O)OCC[n+]1cccc(C(=O)OCC)c1)OC. The van der Waals surface area contributed by atoms with Crippen LogP contribution in [-0.2, 0) is 34.4 Å². The highest BCUT2D eigenvalue weighted by Crippen LogP contribution is 2.43. The Balaban J connectivity index is 2.01. The Kier molecular flexibility index (Phi) is 24.0. The lowest BCUT2D eigenvalue weighted by Gasteiger charge is -2.18. The number of nitrogens with zero attached hydrogens (tertiary/aromatic N) is 1. The topological polar surface area (TPSA) is 104 Å². The number of pyridine rings is 1. The molecule has 0 bridgehead atoms. The second kappa shape index (κ2) is 26.1. The molecule has 0 aromatic carbocycles. The second-order valence-corrected chi connectivity index (χ2v) is 12.3. The van der Waals surface area contributed by atoms with Gasteiger partial charge in [0.1, 0.15) is 18.3 Å². The number of phosphoric acid groups is 1. The summed E-state index contributed by atoms with van der Waals surface area (Å²) >= 11 is 0. The van der Waals surface area contributed by atoms with E-state index in [0.29, 0.717) is 12.2 Å². The monoisotopic (exact) mass is 616 g/mol. The van der Waals surface area contributed by atoms with Gasteiger partial charge in [-0.25, -0.2) is 13.9 Å². The van der Waals surface area contributed by atoms with Crippen LogP contribution in [0.4, 0.5) is 0 Å². The van der Waals surface area contributed by atoms with E-state index in [0.717, 1.165) is 12.8 Å². The zero-order chi connectivity index (χ0) is 30.7. The molecular weight excluding hydrogens is 557 g/mol. The molecule has 0 aliphatic heterocycles. The van der Waals surface area contributed by atoms with Gasteiger partial charge in [0.15, 0.2) is 18.9 Å². The molecule has 42 heavy (non-hydrogen) atoms. The fraction of sp³-hybridized carbons (Fsp3) is 0.812. The maximum Gasteiger partial charge on any atom is 0.472 e. The van der Waals surface area contributed by atoms with Gasteiger partial charge in [-0.3, -0.25) is 9.05 Å². The van der Waals surface area contributed by atoms with Crippen LogP contribution < -0.4 is 4.57 Å². The lowest BCUT2D eigenvalue weighted by atomic mass is 10.0. The number of methoxy groups -OCH3 is 1. The molecule has 1 heterocycles. The van der Waals surface area contributed by atoms with Gasteiger partial charge in [0.05, 0.1) is 19.8 Å². The molecule has 244 valence electrons. The van der Waals surface area contributed by atoms with Gasteiger partial charge < -0.3 is 19.1 Å². The summed E-state index contributed by atoms with van der Waals surface area (Å²) < 4.78 is 40.1. The van der Waals surface area contributed by atoms with Gasteiger partial charge in [-0.1, -0.05) is 103 Å². The van der Waals surface area contributed by atoms with Crippen molar-refractivity contribution in [2.45, 2.75) is 129 Å². The van der Waals surface area contributed by atoms with E-state index in [1.165, 1.54) is 97.0 Å². The van der Waals surface area contributed by atoms with E-state index in [-0.39, 0.29) is 33.0 Å². The molecule has 2 atom stereocenters. The summed E-state index contributed by atoms with van der Waals surface area (Å²) in [7, 11) is -2.74. The third-order valence-electron chi connectivity index (χ3n) is 7.18. The van der Waals surface area contributed by atoms with Gasteiger partial charge >= 0.3 is 13.8 Å². The van der Waals surface area contributed by atoms with Crippen molar-refractivity contribution in [3.05, 3.63) is 30.1 Å². The van der Waals surface area contributed by atoms with Crippen LogP contribution >= 0.6 is 7.82 Å². The predicted octanol–water partition coefficient (Wildman–Crippen LogP) is 7.58. The number of carbonyl (C=O) groups excluding carboxylic acids is 1. The van der Waals surface area contributed by atoms with Crippen LogP contribution in [0, 0.1) is 0 Å². The Bertz CT molecular complexity index is 840. The van der Waals surface area contributed by atoms with Crippen molar-refractivity contribution < 1.29 is 42.1 Å². The highest BCUT2D eigenvalue weighted by atomic mass is 31.2. The Morgan fingerprint density at radius 2 is 1.40 bits per heavy atom. The van der Waals surface area contributed by atoms with Gasteiger partial charge in [0.25, 0.3) is 0 Å². The minimum absolute atomic E-state index is 0.0713. The summed E-state index contributed by atoms with van der Waals surface area (Å²) in [5, 5.41) is 0. The second-order valence-electron chi connectivity index (χ2n) is 10.9. The van der Waals surface area contributed by atoms with Gasteiger partial charge in [0.2, 0.25) is 0 Å². The summed E-state index contributed by atoms with van der Waals surface area (Å²) in [6.07, 6.45) is 24.1. The summed E-state index contributed by atoms with van der Waals surface area (Å²) in [5.41, 5.74) is 0.394. The lowest BCUT2D eigenvalue weighted by Crippen LogP contribution is -2.36. The van der Waals surface area contributed by atoms with Crippen LogP contribution in [0.25, 0.3) is 0 Å². The molecule has 0 aliphatic carbocycles. The van der Waals surface area contributed by atoms with Crippen molar-refractivity contribution in [1.29, 1.82) is 0 Å². The number of ether oxygens (including phenoxy) is 3. The summed E-state index contributed by atoms with van der Waals surface area (Å²) in [6.45, 7) is 5.29. The van der Waals surface area contributed by atoms with Crippen LogP contribution in [0.5, 0.6) is 0 Å². The van der Waals surface area contributed by atoms with Crippen molar-refractivity contribution in [1.82, 2.24) is 0 Å². The zero-order valence-corrected chi connectivity index (χ0v) is 27.5. The smallest absolute Gasteiger partial charge is 0.462 e. The molecular formula is C32H59NO8P+. The molecule has 0 radical (unpaired) electrons. The van der Waals surface area contributed by atoms with Crippen molar-refractivity contribution >= 4 is 13.8 Å². The van der Waals surface area contributed by atoms with E-state index in [1.54, 1.807) is 36.0 Å². The molecule has 1 unspecified atom stereocenters. The van der Waals surface area contributed by atoms with Crippen molar-refractivity contribution in [2.75, 3.05) is 40.1 Å². The first kappa shape index (κ1) is 38.7. The summed E-state index contributed by atoms with van der Waals surface area (Å²) in [5.74, 6) is -0.424. The van der Waals surface area contributed by atoms with Crippen molar-refractivity contribution in [3.8, 4) is 0 Å². The van der Waals surface area contributed by atoms with Gasteiger partial charge in [-0.15, -0.1) is 0 Å². The first-order valence-electron chi connectivity index (χ1n) is 16.3. The molecule has 0 fully saturated rings. The van der Waals surface area contributed by atoms with Crippen molar-refractivity contribution in [2.24, 2.45) is 0 Å². The number of esters is 1. The fourth-order valence-corrected chi connectivity index (χ4v) is 5.37. The van der Waals surface area contributed by atoms with E-state index in [4.69, 9.17) is 23.3 Å². The Morgan fingerprint density at radius 1 is 0.833 bits per heavy atom. The maximum atomic E-state index is 12.3. The Morgan fingerprint density at radius 3 is 1.95 bits per heavy atom. The summed E-state index contributed by atoms with van der Waals surface area (Å²) in [6, 6.07) is 3.34. The molecule has 0 aliphatic rings.